The predicted octanol–water partition coefficient (Wildman–Crippen LogP) is 4.68. The van der Waals surface area contributed by atoms with Crippen molar-refractivity contribution in [1.82, 2.24) is 20.0 Å². The summed E-state index contributed by atoms with van der Waals surface area (Å²) in [5.74, 6) is 0.524. The Kier molecular flexibility index (Phi) is 9.73. The fourth-order valence-electron chi connectivity index (χ4n) is 9.55. The zero-order chi connectivity index (χ0) is 35.2. The van der Waals surface area contributed by atoms with Crippen LogP contribution in [0.25, 0.3) is 0 Å². The van der Waals surface area contributed by atoms with Gasteiger partial charge in [0, 0.05) is 80.3 Å². The molecule has 0 bridgehead atoms. The number of aryl methyl sites for hydroxylation is 2. The van der Waals surface area contributed by atoms with E-state index in [0.29, 0.717) is 24.4 Å². The molecule has 0 aliphatic carbocycles. The van der Waals surface area contributed by atoms with E-state index < -0.39 is 0 Å². The average molecular weight is 685 g/mol. The quantitative estimate of drug-likeness (QED) is 0.501. The maximum absolute atomic E-state index is 12.6. The predicted molar refractivity (Wildman–Crippen MR) is 197 cm³/mol. The summed E-state index contributed by atoms with van der Waals surface area (Å²) in [6.07, 6.45) is 7.23. The lowest BCUT2D eigenvalue weighted by molar-refractivity contribution is -0.118. The number of methoxy groups -OCH3 is 1. The standard InChI is InChI=1S/C21H29N3O3.C19H27N3O/c1-15-4-5-16-13-19(25)24(18(16)12-15)17-6-9-23(10-7-17)21(2)8-11-22(14-21)20(26)27-3;1-14-3-4-15-12-18(23)22(17(15)11-14)16-5-9-21(10-6-16)19(2)7-8-20-13-19/h4-5,12,17H,6-11,13-14H2,1-3H3;3-4,11,16,20H,5-10,12-13H2,1-2H3. The van der Waals surface area contributed by atoms with Crippen LogP contribution in [-0.4, -0.2) is 115 Å². The Labute approximate surface area is 298 Å². The minimum absolute atomic E-state index is 0.00265. The number of ether oxygens (including phenoxy) is 1. The molecule has 10 nitrogen and oxygen atoms in total. The Morgan fingerprint density at radius 1 is 0.740 bits per heavy atom. The molecule has 50 heavy (non-hydrogen) atoms. The number of hydrogen-bond acceptors (Lipinski definition) is 7. The Morgan fingerprint density at radius 3 is 1.70 bits per heavy atom. The van der Waals surface area contributed by atoms with Crippen molar-refractivity contribution in [3.05, 3.63) is 58.7 Å². The zero-order valence-electron chi connectivity index (χ0n) is 30.8. The van der Waals surface area contributed by atoms with Crippen LogP contribution in [0.2, 0.25) is 0 Å². The molecular formula is C40H56N6O4. The van der Waals surface area contributed by atoms with E-state index in [1.165, 1.54) is 35.9 Å². The Balaban J connectivity index is 0.000000159. The fraction of sp³-hybridized carbons (Fsp3) is 0.625. The molecule has 3 amide bonds. The van der Waals surface area contributed by atoms with Gasteiger partial charge >= 0.3 is 6.09 Å². The summed E-state index contributed by atoms with van der Waals surface area (Å²) in [5.41, 5.74) is 7.40. The van der Waals surface area contributed by atoms with Crippen LogP contribution in [-0.2, 0) is 27.2 Å². The lowest BCUT2D eigenvalue weighted by Crippen LogP contribution is -2.55. The monoisotopic (exact) mass is 684 g/mol. The molecule has 2 unspecified atom stereocenters. The highest BCUT2D eigenvalue weighted by atomic mass is 16.5. The first-order valence-corrected chi connectivity index (χ1v) is 18.8. The zero-order valence-corrected chi connectivity index (χ0v) is 30.8. The van der Waals surface area contributed by atoms with Crippen molar-refractivity contribution >= 4 is 29.3 Å². The van der Waals surface area contributed by atoms with Crippen LogP contribution < -0.4 is 15.1 Å². The Hall–Kier alpha value is -3.47. The minimum Gasteiger partial charge on any atom is -0.453 e. The fourth-order valence-corrected chi connectivity index (χ4v) is 9.55. The van der Waals surface area contributed by atoms with Crippen molar-refractivity contribution < 1.29 is 19.1 Å². The second kappa shape index (κ2) is 13.9. The highest BCUT2D eigenvalue weighted by Crippen LogP contribution is 2.38. The number of fused-ring (bicyclic) bond motifs is 2. The number of carbonyl (C=O) groups is 3. The number of amides is 3. The lowest BCUT2D eigenvalue weighted by Gasteiger charge is -2.44. The molecule has 0 saturated carbocycles. The number of likely N-dealkylation sites (tertiary alicyclic amines) is 3. The molecule has 4 fully saturated rings. The Morgan fingerprint density at radius 2 is 1.24 bits per heavy atom. The number of carbonyl (C=O) groups excluding carboxylic acids is 3. The van der Waals surface area contributed by atoms with Gasteiger partial charge in [0.1, 0.15) is 0 Å². The highest BCUT2D eigenvalue weighted by molar-refractivity contribution is 6.02. The first-order valence-electron chi connectivity index (χ1n) is 18.8. The maximum atomic E-state index is 12.6. The molecule has 8 rings (SSSR count). The summed E-state index contributed by atoms with van der Waals surface area (Å²) in [4.78, 5) is 48.1. The summed E-state index contributed by atoms with van der Waals surface area (Å²) in [6.45, 7) is 16.6. The van der Waals surface area contributed by atoms with Crippen molar-refractivity contribution in [3.63, 3.8) is 0 Å². The van der Waals surface area contributed by atoms with Gasteiger partial charge in [-0.05, 0) is 107 Å². The normalized spacial score (nSPS) is 27.8. The van der Waals surface area contributed by atoms with E-state index in [4.69, 9.17) is 4.74 Å². The molecule has 1 N–H and O–H groups in total. The average Bonchev–Trinajstić information content (AvgIpc) is 3.89. The summed E-state index contributed by atoms with van der Waals surface area (Å²) >= 11 is 0. The number of benzene rings is 2. The molecule has 0 radical (unpaired) electrons. The number of hydrogen-bond donors (Lipinski definition) is 1. The molecule has 6 aliphatic rings. The number of piperidine rings is 2. The third kappa shape index (κ3) is 6.66. The van der Waals surface area contributed by atoms with Crippen LogP contribution in [0.3, 0.4) is 0 Å². The lowest BCUT2D eigenvalue weighted by atomic mass is 9.93. The van der Waals surface area contributed by atoms with E-state index in [9.17, 15) is 14.4 Å². The largest absolute Gasteiger partial charge is 0.453 e. The van der Waals surface area contributed by atoms with Crippen LogP contribution in [0, 0.1) is 13.8 Å². The van der Waals surface area contributed by atoms with E-state index in [1.807, 2.05) is 0 Å². The van der Waals surface area contributed by atoms with Gasteiger partial charge in [-0.25, -0.2) is 4.79 Å². The summed E-state index contributed by atoms with van der Waals surface area (Å²) in [7, 11) is 1.44. The molecule has 270 valence electrons. The smallest absolute Gasteiger partial charge is 0.409 e. The van der Waals surface area contributed by atoms with Gasteiger partial charge in [0.15, 0.2) is 0 Å². The van der Waals surface area contributed by atoms with Gasteiger partial charge in [0.05, 0.1) is 20.0 Å². The van der Waals surface area contributed by atoms with Gasteiger partial charge < -0.3 is 24.8 Å². The first-order chi connectivity index (χ1) is 24.0. The molecule has 10 heteroatoms. The van der Waals surface area contributed by atoms with Gasteiger partial charge in [0.25, 0.3) is 0 Å². The third-order valence-electron chi connectivity index (χ3n) is 12.6. The summed E-state index contributed by atoms with van der Waals surface area (Å²) < 4.78 is 4.88. The molecular weight excluding hydrogens is 628 g/mol. The molecule has 6 aliphatic heterocycles. The molecule has 0 spiro atoms. The topological polar surface area (TPSA) is 88.7 Å². The molecule has 6 heterocycles. The second-order valence-corrected chi connectivity index (χ2v) is 16.1. The van der Waals surface area contributed by atoms with Crippen LogP contribution in [0.5, 0.6) is 0 Å². The number of nitrogens with zero attached hydrogens (tertiary/aromatic N) is 5. The van der Waals surface area contributed by atoms with Crippen LogP contribution in [0.15, 0.2) is 36.4 Å². The molecule has 4 saturated heterocycles. The van der Waals surface area contributed by atoms with E-state index >= 15 is 0 Å². The van der Waals surface area contributed by atoms with Crippen molar-refractivity contribution in [3.8, 4) is 0 Å². The van der Waals surface area contributed by atoms with Gasteiger partial charge in [-0.2, -0.15) is 0 Å². The SMILES string of the molecule is COC(=O)N1CCC(C)(N2CCC(N3C(=O)Cc4ccc(C)cc43)CC2)C1.Cc1ccc2c(c1)N(C1CCN(C3(C)CCNC3)CC1)C(=O)C2. The van der Waals surface area contributed by atoms with Gasteiger partial charge in [-0.1, -0.05) is 24.3 Å². The number of rotatable bonds is 4. The van der Waals surface area contributed by atoms with Gasteiger partial charge in [-0.15, -0.1) is 0 Å². The van der Waals surface area contributed by atoms with Gasteiger partial charge in [0.2, 0.25) is 11.8 Å². The molecule has 0 aromatic heterocycles. The number of anilines is 2. The van der Waals surface area contributed by atoms with Crippen molar-refractivity contribution in [2.24, 2.45) is 0 Å². The molecule has 2 atom stereocenters. The third-order valence-corrected chi connectivity index (χ3v) is 12.6. The summed E-state index contributed by atoms with van der Waals surface area (Å²) in [6, 6.07) is 13.4. The molecule has 2 aromatic rings. The van der Waals surface area contributed by atoms with Crippen LogP contribution in [0.4, 0.5) is 16.2 Å². The van der Waals surface area contributed by atoms with E-state index in [0.717, 1.165) is 95.7 Å². The van der Waals surface area contributed by atoms with E-state index in [-0.39, 0.29) is 29.5 Å². The first kappa shape index (κ1) is 35.0. The Bertz CT molecular complexity index is 1610. The molecule has 2 aromatic carbocycles. The highest BCUT2D eigenvalue weighted by Gasteiger charge is 2.44. The second-order valence-electron chi connectivity index (χ2n) is 16.1. The summed E-state index contributed by atoms with van der Waals surface area (Å²) in [5, 5.41) is 3.50. The maximum Gasteiger partial charge on any atom is 0.409 e. The van der Waals surface area contributed by atoms with Crippen LogP contribution in [0.1, 0.15) is 74.6 Å². The van der Waals surface area contributed by atoms with Crippen molar-refractivity contribution in [2.45, 2.75) is 102 Å². The van der Waals surface area contributed by atoms with Crippen molar-refractivity contribution in [2.75, 3.05) is 69.3 Å². The van der Waals surface area contributed by atoms with Crippen molar-refractivity contribution in [1.29, 1.82) is 0 Å². The minimum atomic E-state index is -0.233. The number of nitrogens with one attached hydrogen (secondary N) is 1. The van der Waals surface area contributed by atoms with E-state index in [2.05, 4.69) is 89.0 Å². The van der Waals surface area contributed by atoms with Gasteiger partial charge in [-0.3, -0.25) is 19.4 Å². The van der Waals surface area contributed by atoms with E-state index in [1.54, 1.807) is 4.90 Å². The van der Waals surface area contributed by atoms with Crippen LogP contribution >= 0.6 is 0 Å².